The summed E-state index contributed by atoms with van der Waals surface area (Å²) in [5, 5.41) is 0. The molecule has 4 aliphatic rings. The number of fused-ring (bicyclic) bond motifs is 2. The number of likely N-dealkylation sites (N-methyl/N-ethyl adjacent to an activating group) is 1. The lowest BCUT2D eigenvalue weighted by Gasteiger charge is -2.50. The molecule has 0 aromatic rings. The molecule has 106 valence electrons. The first kappa shape index (κ1) is 11.7. The van der Waals surface area contributed by atoms with Gasteiger partial charge in [-0.3, -0.25) is 9.69 Å². The highest BCUT2D eigenvalue weighted by molar-refractivity contribution is 5.99. The zero-order chi connectivity index (χ0) is 14.4. The molecule has 20 heavy (non-hydrogen) atoms. The minimum absolute atomic E-state index is 0.0449. The first-order valence-corrected chi connectivity index (χ1v) is 6.59. The zero-order valence-electron chi connectivity index (χ0n) is 11.4. The molecule has 3 heterocycles. The van der Waals surface area contributed by atoms with Gasteiger partial charge in [0.1, 0.15) is 5.66 Å². The minimum Gasteiger partial charge on any atom is -0.469 e. The molecule has 1 saturated carbocycles. The average Bonchev–Trinajstić information content (AvgIpc) is 3.01. The van der Waals surface area contributed by atoms with E-state index in [9.17, 15) is 14.4 Å². The van der Waals surface area contributed by atoms with Gasteiger partial charge in [-0.05, 0) is 6.08 Å². The van der Waals surface area contributed by atoms with Crippen molar-refractivity contribution < 1.29 is 19.1 Å². The molecule has 2 bridgehead atoms. The number of carbonyl (C=O) groups is 3. The third-order valence-electron chi connectivity index (χ3n) is 5.26. The molecule has 0 aromatic carbocycles. The van der Waals surface area contributed by atoms with Crippen LogP contribution in [0.4, 0.5) is 9.59 Å². The van der Waals surface area contributed by atoms with Crippen LogP contribution in [0.25, 0.3) is 0 Å². The van der Waals surface area contributed by atoms with Gasteiger partial charge >= 0.3 is 18.0 Å². The van der Waals surface area contributed by atoms with E-state index < -0.39 is 5.66 Å². The number of hydrogen-bond donors (Lipinski definition) is 0. The van der Waals surface area contributed by atoms with Crippen LogP contribution in [0.15, 0.2) is 12.2 Å². The van der Waals surface area contributed by atoms with Crippen molar-refractivity contribution in [3.63, 3.8) is 0 Å². The lowest BCUT2D eigenvalue weighted by molar-refractivity contribution is -0.144. The van der Waals surface area contributed by atoms with Gasteiger partial charge in [0.05, 0.1) is 19.1 Å². The molecule has 0 unspecified atom stereocenters. The van der Waals surface area contributed by atoms with E-state index in [-0.39, 0.29) is 41.8 Å². The van der Waals surface area contributed by atoms with Crippen LogP contribution in [0.1, 0.15) is 0 Å². The number of rotatable bonds is 1. The van der Waals surface area contributed by atoms with Crippen molar-refractivity contribution in [1.29, 1.82) is 0 Å². The van der Waals surface area contributed by atoms with Gasteiger partial charge in [0.15, 0.2) is 0 Å². The van der Waals surface area contributed by atoms with Gasteiger partial charge in [-0.2, -0.15) is 0 Å². The molecule has 2 saturated heterocycles. The van der Waals surface area contributed by atoms with E-state index >= 15 is 0 Å². The molecule has 4 rings (SSSR count). The Balaban J connectivity index is 1.79. The highest BCUT2D eigenvalue weighted by Crippen LogP contribution is 2.68. The summed E-state index contributed by atoms with van der Waals surface area (Å²) in [6.07, 6.45) is 3.83. The summed E-state index contributed by atoms with van der Waals surface area (Å²) in [6.45, 7) is 0. The Morgan fingerprint density at radius 3 is 2.65 bits per heavy atom. The van der Waals surface area contributed by atoms with Gasteiger partial charge in [-0.25, -0.2) is 14.5 Å². The summed E-state index contributed by atoms with van der Waals surface area (Å²) >= 11 is 0. The molecule has 4 amide bonds. The molecule has 0 aromatic heterocycles. The van der Waals surface area contributed by atoms with Gasteiger partial charge in [0, 0.05) is 25.9 Å². The molecule has 7 heteroatoms. The number of piperidine rings is 1. The molecular weight excluding hydrogens is 262 g/mol. The minimum atomic E-state index is -0.783. The highest BCUT2D eigenvalue weighted by atomic mass is 16.5. The van der Waals surface area contributed by atoms with Gasteiger partial charge in [0.2, 0.25) is 0 Å². The van der Waals surface area contributed by atoms with Crippen molar-refractivity contribution in [3.8, 4) is 0 Å². The monoisotopic (exact) mass is 277 g/mol. The maximum Gasteiger partial charge on any atom is 0.330 e. The summed E-state index contributed by atoms with van der Waals surface area (Å²) in [5.74, 6) is -0.447. The fraction of sp³-hybridized carbons (Fsp3) is 0.615. The predicted molar refractivity (Wildman–Crippen MR) is 66.3 cm³/mol. The Morgan fingerprint density at radius 2 is 2.00 bits per heavy atom. The Labute approximate surface area is 115 Å². The molecule has 0 spiro atoms. The Bertz CT molecular complexity index is 588. The summed E-state index contributed by atoms with van der Waals surface area (Å²) in [6, 6.07) is -0.749. The normalized spacial score (nSPS) is 43.9. The van der Waals surface area contributed by atoms with Crippen LogP contribution in [-0.4, -0.2) is 65.6 Å². The smallest absolute Gasteiger partial charge is 0.330 e. The Hall–Kier alpha value is -2.05. The van der Waals surface area contributed by atoms with Crippen LogP contribution >= 0.6 is 0 Å². The van der Waals surface area contributed by atoms with Gasteiger partial charge in [-0.1, -0.05) is 6.08 Å². The van der Waals surface area contributed by atoms with E-state index in [0.717, 1.165) is 4.90 Å². The Morgan fingerprint density at radius 1 is 1.30 bits per heavy atom. The van der Waals surface area contributed by atoms with Crippen LogP contribution in [-0.2, 0) is 9.53 Å². The van der Waals surface area contributed by atoms with E-state index in [1.807, 2.05) is 12.2 Å². The number of nitrogens with zero attached hydrogens (tertiary/aromatic N) is 3. The first-order valence-electron chi connectivity index (χ1n) is 6.59. The van der Waals surface area contributed by atoms with Crippen molar-refractivity contribution in [2.45, 2.75) is 11.7 Å². The van der Waals surface area contributed by atoms with E-state index in [1.165, 1.54) is 14.2 Å². The van der Waals surface area contributed by atoms with Crippen molar-refractivity contribution in [2.75, 3.05) is 21.2 Å². The van der Waals surface area contributed by atoms with Gasteiger partial charge in [0.25, 0.3) is 0 Å². The largest absolute Gasteiger partial charge is 0.469 e. The lowest BCUT2D eigenvalue weighted by atomic mass is 9.99. The molecule has 7 nitrogen and oxygen atoms in total. The van der Waals surface area contributed by atoms with Crippen molar-refractivity contribution in [2.24, 2.45) is 17.8 Å². The van der Waals surface area contributed by atoms with Gasteiger partial charge < -0.3 is 9.64 Å². The Kier molecular flexibility index (Phi) is 1.86. The fourth-order valence-corrected chi connectivity index (χ4v) is 4.36. The number of imide groups is 1. The van der Waals surface area contributed by atoms with E-state index in [0.29, 0.717) is 0 Å². The van der Waals surface area contributed by atoms with Crippen LogP contribution in [0.5, 0.6) is 0 Å². The number of urea groups is 2. The maximum atomic E-state index is 12.4. The average molecular weight is 277 g/mol. The van der Waals surface area contributed by atoms with Crippen LogP contribution in [0.2, 0.25) is 0 Å². The summed E-state index contributed by atoms with van der Waals surface area (Å²) in [7, 11) is 4.53. The summed E-state index contributed by atoms with van der Waals surface area (Å²) in [5.41, 5.74) is -0.783. The maximum absolute atomic E-state index is 12.4. The number of methoxy groups -OCH3 is 1. The third kappa shape index (κ3) is 0.929. The number of amides is 4. The fourth-order valence-electron chi connectivity index (χ4n) is 4.36. The second-order valence-electron chi connectivity index (χ2n) is 5.84. The van der Waals surface area contributed by atoms with Crippen molar-refractivity contribution in [1.82, 2.24) is 14.7 Å². The molecule has 3 aliphatic heterocycles. The van der Waals surface area contributed by atoms with Crippen molar-refractivity contribution >= 4 is 18.0 Å². The molecule has 0 radical (unpaired) electrons. The quantitative estimate of drug-likeness (QED) is 0.503. The third-order valence-corrected chi connectivity index (χ3v) is 5.26. The second-order valence-corrected chi connectivity index (χ2v) is 5.84. The van der Waals surface area contributed by atoms with E-state index in [4.69, 9.17) is 4.74 Å². The molecule has 5 atom stereocenters. The van der Waals surface area contributed by atoms with Gasteiger partial charge in [-0.15, -0.1) is 0 Å². The summed E-state index contributed by atoms with van der Waals surface area (Å²) < 4.78 is 4.84. The highest BCUT2D eigenvalue weighted by Gasteiger charge is 2.81. The number of carbonyl (C=O) groups excluding carboxylic acids is 3. The van der Waals surface area contributed by atoms with E-state index in [1.54, 1.807) is 16.8 Å². The molecule has 0 N–H and O–H groups in total. The van der Waals surface area contributed by atoms with Crippen LogP contribution in [0.3, 0.4) is 0 Å². The standard InChI is InChI=1S/C13H15N3O4/c1-14-11(18)15(2)13-5-4-6(16(13)12(14)19)7-8(9(7)13)10(17)20-3/h4-9H,1-3H3/t6-,7-,8-,9-,13+/m0/s1. The van der Waals surface area contributed by atoms with E-state index in [2.05, 4.69) is 0 Å². The summed E-state index contributed by atoms with van der Waals surface area (Å²) in [4.78, 5) is 40.9. The zero-order valence-corrected chi connectivity index (χ0v) is 11.4. The SMILES string of the molecule is COC(=O)[C@H]1[C@H]2[C@@H]1[C@@]13C=C[C@@H]2N1C(=O)N(C)C(=O)N3C. The molecule has 1 aliphatic carbocycles. The number of hydrogen-bond acceptors (Lipinski definition) is 4. The molecule has 3 fully saturated rings. The first-order chi connectivity index (χ1) is 9.46. The number of esters is 1. The van der Waals surface area contributed by atoms with Crippen LogP contribution in [0, 0.1) is 17.8 Å². The second kappa shape index (κ2) is 3.16. The predicted octanol–water partition coefficient (Wildman–Crippen LogP) is 0.0891. The van der Waals surface area contributed by atoms with Crippen molar-refractivity contribution in [3.05, 3.63) is 12.2 Å². The van der Waals surface area contributed by atoms with Crippen LogP contribution < -0.4 is 0 Å². The topological polar surface area (TPSA) is 70.2 Å². The number of ether oxygens (including phenoxy) is 1. The lowest BCUT2D eigenvalue weighted by Crippen LogP contribution is -2.70. The molecular formula is C13H15N3O4.